The molecule has 2 heterocycles. The second-order valence-electron chi connectivity index (χ2n) is 5.02. The van der Waals surface area contributed by atoms with Crippen LogP contribution >= 0.6 is 0 Å². The Morgan fingerprint density at radius 3 is 2.95 bits per heavy atom. The van der Waals surface area contributed by atoms with Gasteiger partial charge in [-0.2, -0.15) is 0 Å². The summed E-state index contributed by atoms with van der Waals surface area (Å²) in [4.78, 5) is 4.30. The summed E-state index contributed by atoms with van der Waals surface area (Å²) in [5.41, 5.74) is 3.68. The summed E-state index contributed by atoms with van der Waals surface area (Å²) in [6, 6.07) is 10.7. The molecule has 3 heteroatoms. The van der Waals surface area contributed by atoms with E-state index in [1.165, 1.54) is 16.7 Å². The Labute approximate surface area is 113 Å². The lowest BCUT2D eigenvalue weighted by atomic mass is 9.89. The normalized spacial score (nSPS) is 18.7. The van der Waals surface area contributed by atoms with Gasteiger partial charge < -0.3 is 10.1 Å². The zero-order valence-electron chi connectivity index (χ0n) is 11.3. The van der Waals surface area contributed by atoms with Gasteiger partial charge in [0, 0.05) is 29.9 Å². The van der Waals surface area contributed by atoms with Crippen LogP contribution in [0.25, 0.3) is 0 Å². The van der Waals surface area contributed by atoms with Crippen molar-refractivity contribution >= 4 is 0 Å². The van der Waals surface area contributed by atoms with E-state index in [4.69, 9.17) is 4.74 Å². The number of aryl methyl sites for hydroxylation is 1. The van der Waals surface area contributed by atoms with Gasteiger partial charge in [-0.1, -0.05) is 24.3 Å². The van der Waals surface area contributed by atoms with Gasteiger partial charge in [-0.15, -0.1) is 0 Å². The molecule has 0 saturated heterocycles. The van der Waals surface area contributed by atoms with E-state index in [-0.39, 0.29) is 6.04 Å². The lowest BCUT2D eigenvalue weighted by molar-refractivity contribution is 0.304. The quantitative estimate of drug-likeness (QED) is 0.914. The Kier molecular flexibility index (Phi) is 3.22. The van der Waals surface area contributed by atoms with Crippen LogP contribution in [0.2, 0.25) is 0 Å². The SMILES string of the molecule is CNC(c1cncc(C)c1)C1COc2ccccc21. The van der Waals surface area contributed by atoms with E-state index in [0.29, 0.717) is 5.92 Å². The predicted octanol–water partition coefficient (Wildman–Crippen LogP) is 2.83. The number of rotatable bonds is 3. The maximum absolute atomic E-state index is 5.79. The van der Waals surface area contributed by atoms with Crippen molar-refractivity contribution in [1.29, 1.82) is 0 Å². The van der Waals surface area contributed by atoms with Crippen molar-refractivity contribution < 1.29 is 4.74 Å². The number of aromatic nitrogens is 1. The van der Waals surface area contributed by atoms with Crippen molar-refractivity contribution in [3.63, 3.8) is 0 Å². The molecule has 19 heavy (non-hydrogen) atoms. The van der Waals surface area contributed by atoms with E-state index >= 15 is 0 Å². The van der Waals surface area contributed by atoms with Crippen molar-refractivity contribution in [2.45, 2.75) is 18.9 Å². The smallest absolute Gasteiger partial charge is 0.122 e. The molecular weight excluding hydrogens is 236 g/mol. The van der Waals surface area contributed by atoms with Crippen molar-refractivity contribution in [2.75, 3.05) is 13.7 Å². The summed E-state index contributed by atoms with van der Waals surface area (Å²) in [5, 5.41) is 3.41. The summed E-state index contributed by atoms with van der Waals surface area (Å²) < 4.78 is 5.79. The van der Waals surface area contributed by atoms with Crippen LogP contribution in [0.1, 0.15) is 28.7 Å². The Morgan fingerprint density at radius 2 is 2.16 bits per heavy atom. The minimum absolute atomic E-state index is 0.232. The summed E-state index contributed by atoms with van der Waals surface area (Å²) in [5.74, 6) is 1.35. The molecule has 0 saturated carbocycles. The van der Waals surface area contributed by atoms with Crippen LogP contribution in [0.3, 0.4) is 0 Å². The number of benzene rings is 1. The number of para-hydroxylation sites is 1. The van der Waals surface area contributed by atoms with Crippen molar-refractivity contribution in [3.8, 4) is 5.75 Å². The van der Waals surface area contributed by atoms with Crippen LogP contribution in [-0.2, 0) is 0 Å². The van der Waals surface area contributed by atoms with Gasteiger partial charge in [0.05, 0.1) is 6.61 Å². The maximum Gasteiger partial charge on any atom is 0.122 e. The minimum atomic E-state index is 0.232. The van der Waals surface area contributed by atoms with E-state index in [0.717, 1.165) is 12.4 Å². The number of fused-ring (bicyclic) bond motifs is 1. The summed E-state index contributed by atoms with van der Waals surface area (Å²) in [6.45, 7) is 2.79. The van der Waals surface area contributed by atoms with E-state index in [2.05, 4.69) is 35.4 Å². The highest BCUT2D eigenvalue weighted by Crippen LogP contribution is 2.40. The van der Waals surface area contributed by atoms with Gasteiger partial charge in [0.25, 0.3) is 0 Å². The molecule has 1 aliphatic rings. The molecule has 1 aromatic heterocycles. The fourth-order valence-corrected chi connectivity index (χ4v) is 2.81. The Morgan fingerprint density at radius 1 is 1.32 bits per heavy atom. The number of nitrogens with zero attached hydrogens (tertiary/aromatic N) is 1. The zero-order valence-corrected chi connectivity index (χ0v) is 11.3. The molecule has 0 bridgehead atoms. The van der Waals surface area contributed by atoms with Crippen LogP contribution in [0, 0.1) is 6.92 Å². The molecule has 3 rings (SSSR count). The largest absolute Gasteiger partial charge is 0.493 e. The van der Waals surface area contributed by atoms with Gasteiger partial charge >= 0.3 is 0 Å². The van der Waals surface area contributed by atoms with Crippen LogP contribution in [0.15, 0.2) is 42.7 Å². The molecule has 0 radical (unpaired) electrons. The molecule has 2 unspecified atom stereocenters. The summed E-state index contributed by atoms with van der Waals surface area (Å²) in [7, 11) is 1.99. The number of likely N-dealkylation sites (N-methyl/N-ethyl adjacent to an activating group) is 1. The molecule has 0 spiro atoms. The molecular formula is C16H18N2O. The highest BCUT2D eigenvalue weighted by molar-refractivity contribution is 5.42. The molecule has 1 aliphatic heterocycles. The molecule has 2 aromatic rings. The van der Waals surface area contributed by atoms with Crippen molar-refractivity contribution in [3.05, 3.63) is 59.4 Å². The second-order valence-corrected chi connectivity index (χ2v) is 5.02. The highest BCUT2D eigenvalue weighted by Gasteiger charge is 2.31. The predicted molar refractivity (Wildman–Crippen MR) is 75.5 cm³/mol. The molecule has 1 N–H and O–H groups in total. The number of nitrogens with one attached hydrogen (secondary N) is 1. The van der Waals surface area contributed by atoms with Gasteiger partial charge in [0.1, 0.15) is 5.75 Å². The molecule has 0 amide bonds. The van der Waals surface area contributed by atoms with Gasteiger partial charge in [0.2, 0.25) is 0 Å². The Bertz CT molecular complexity index is 582. The average Bonchev–Trinajstić information content (AvgIpc) is 2.84. The fourth-order valence-electron chi connectivity index (χ4n) is 2.81. The standard InChI is InChI=1S/C16H18N2O/c1-11-7-12(9-18-8-11)16(17-2)14-10-19-15-6-4-3-5-13(14)15/h3-9,14,16-17H,10H2,1-2H3. The third-order valence-corrected chi connectivity index (χ3v) is 3.71. The molecule has 1 aromatic carbocycles. The molecule has 98 valence electrons. The van der Waals surface area contributed by atoms with Crippen LogP contribution in [0.5, 0.6) is 5.75 Å². The first-order valence-corrected chi connectivity index (χ1v) is 6.60. The summed E-state index contributed by atoms with van der Waals surface area (Å²) >= 11 is 0. The minimum Gasteiger partial charge on any atom is -0.493 e. The lowest BCUT2D eigenvalue weighted by Gasteiger charge is -2.22. The van der Waals surface area contributed by atoms with E-state index in [1.54, 1.807) is 0 Å². The van der Waals surface area contributed by atoms with Crippen LogP contribution in [0.4, 0.5) is 0 Å². The van der Waals surface area contributed by atoms with Gasteiger partial charge in [0.15, 0.2) is 0 Å². The molecule has 0 aliphatic carbocycles. The maximum atomic E-state index is 5.79. The lowest BCUT2D eigenvalue weighted by Crippen LogP contribution is -2.25. The number of hydrogen-bond acceptors (Lipinski definition) is 3. The number of hydrogen-bond donors (Lipinski definition) is 1. The molecule has 3 nitrogen and oxygen atoms in total. The van der Waals surface area contributed by atoms with Crippen molar-refractivity contribution in [1.82, 2.24) is 10.3 Å². The van der Waals surface area contributed by atoms with Gasteiger partial charge in [-0.25, -0.2) is 0 Å². The van der Waals surface area contributed by atoms with Crippen molar-refractivity contribution in [2.24, 2.45) is 0 Å². The fraction of sp³-hybridized carbons (Fsp3) is 0.312. The topological polar surface area (TPSA) is 34.2 Å². The highest BCUT2D eigenvalue weighted by atomic mass is 16.5. The average molecular weight is 254 g/mol. The van der Waals surface area contributed by atoms with Crippen LogP contribution < -0.4 is 10.1 Å². The second kappa shape index (κ2) is 5.02. The van der Waals surface area contributed by atoms with Gasteiger partial charge in [-0.3, -0.25) is 4.98 Å². The molecule has 0 fully saturated rings. The first kappa shape index (κ1) is 12.2. The molecule has 2 atom stereocenters. The van der Waals surface area contributed by atoms with E-state index in [9.17, 15) is 0 Å². The third kappa shape index (κ3) is 2.22. The first-order chi connectivity index (χ1) is 9.29. The first-order valence-electron chi connectivity index (χ1n) is 6.60. The van der Waals surface area contributed by atoms with E-state index < -0.39 is 0 Å². The van der Waals surface area contributed by atoms with Crippen LogP contribution in [-0.4, -0.2) is 18.6 Å². The monoisotopic (exact) mass is 254 g/mol. The summed E-state index contributed by atoms with van der Waals surface area (Å²) in [6.07, 6.45) is 3.82. The van der Waals surface area contributed by atoms with Gasteiger partial charge in [-0.05, 0) is 31.2 Å². The number of ether oxygens (including phenoxy) is 1. The Balaban J connectivity index is 1.96. The Hall–Kier alpha value is -1.87. The zero-order chi connectivity index (χ0) is 13.2. The van der Waals surface area contributed by atoms with E-state index in [1.807, 2.05) is 31.6 Å². The number of pyridine rings is 1. The third-order valence-electron chi connectivity index (χ3n) is 3.71.